The van der Waals surface area contributed by atoms with Gasteiger partial charge in [0.25, 0.3) is 0 Å². The lowest BCUT2D eigenvalue weighted by atomic mass is 9.61. The van der Waals surface area contributed by atoms with E-state index >= 15 is 0 Å². The topological polar surface area (TPSA) is 55.8 Å². The van der Waals surface area contributed by atoms with Gasteiger partial charge >= 0.3 is 0 Å². The van der Waals surface area contributed by atoms with Gasteiger partial charge in [0.05, 0.1) is 0 Å². The number of hydrogen-bond donors (Lipinski definition) is 1. The summed E-state index contributed by atoms with van der Waals surface area (Å²) >= 11 is 0. The quantitative estimate of drug-likeness (QED) is 0.732. The number of benzene rings is 1. The Labute approximate surface area is 168 Å². The number of ether oxygens (including phenoxy) is 2. The summed E-state index contributed by atoms with van der Waals surface area (Å²) in [7, 11) is 3.25. The lowest BCUT2D eigenvalue weighted by molar-refractivity contribution is -0.104. The molecule has 0 amide bonds. The molecule has 0 bridgehead atoms. The Hall–Kier alpha value is -2.33. The van der Waals surface area contributed by atoms with Gasteiger partial charge in [0.2, 0.25) is 0 Å². The van der Waals surface area contributed by atoms with E-state index in [-0.39, 0.29) is 29.1 Å². The number of hydrogen-bond acceptors (Lipinski definition) is 4. The highest BCUT2D eigenvalue weighted by atomic mass is 16.5. The molecule has 4 atom stereocenters. The highest BCUT2D eigenvalue weighted by Crippen LogP contribution is 2.61. The molecule has 1 aromatic rings. The second-order valence-electron chi connectivity index (χ2n) is 7.00. The lowest BCUT2D eigenvalue weighted by Crippen LogP contribution is -2.47. The van der Waals surface area contributed by atoms with Crippen molar-refractivity contribution in [1.82, 2.24) is 0 Å². The molecule has 0 radical (unpaired) electrons. The van der Waals surface area contributed by atoms with Crippen LogP contribution in [0.4, 0.5) is 0 Å². The maximum Gasteiger partial charge on any atom is 0.146 e. The van der Waals surface area contributed by atoms with Gasteiger partial charge < -0.3 is 14.6 Å². The Morgan fingerprint density at radius 1 is 1.25 bits per heavy atom. The first-order valence-electron chi connectivity index (χ1n) is 10.00. The van der Waals surface area contributed by atoms with E-state index in [9.17, 15) is 9.90 Å². The van der Waals surface area contributed by atoms with Crippen molar-refractivity contribution in [1.29, 1.82) is 0 Å². The number of aliphatic hydroxyl groups excluding tert-OH is 1. The smallest absolute Gasteiger partial charge is 0.146 e. The summed E-state index contributed by atoms with van der Waals surface area (Å²) in [6.07, 6.45) is 7.26. The van der Waals surface area contributed by atoms with Gasteiger partial charge in [-0.2, -0.15) is 0 Å². The minimum Gasteiger partial charge on any atom is -0.508 e. The molecule has 4 unspecified atom stereocenters. The van der Waals surface area contributed by atoms with Crippen LogP contribution in [-0.2, 0) is 14.9 Å². The van der Waals surface area contributed by atoms with Gasteiger partial charge in [-0.05, 0) is 35.8 Å². The minimum atomic E-state index is -0.233. The molecule has 0 spiro atoms. The van der Waals surface area contributed by atoms with Crippen molar-refractivity contribution in [3.8, 4) is 5.75 Å². The lowest BCUT2D eigenvalue weighted by Gasteiger charge is -2.47. The molecule has 3 aliphatic rings. The van der Waals surface area contributed by atoms with E-state index in [1.807, 2.05) is 38.1 Å². The van der Waals surface area contributed by atoms with Crippen molar-refractivity contribution in [3.05, 3.63) is 65.0 Å². The molecule has 4 rings (SSSR count). The van der Waals surface area contributed by atoms with Gasteiger partial charge in [-0.25, -0.2) is 0 Å². The van der Waals surface area contributed by atoms with Gasteiger partial charge in [-0.1, -0.05) is 52.0 Å². The van der Waals surface area contributed by atoms with E-state index in [4.69, 9.17) is 4.74 Å². The molecule has 152 valence electrons. The Morgan fingerprint density at radius 3 is 2.46 bits per heavy atom. The SMILES string of the molecule is CC.CCC1(C2=C(C=O)C2C)c2ccccc2OC2C=C(O)C=CC21.COC. The maximum absolute atomic E-state index is 11.5. The summed E-state index contributed by atoms with van der Waals surface area (Å²) in [4.78, 5) is 11.5. The number of carbonyl (C=O) groups excluding carboxylic acids is 1. The van der Waals surface area contributed by atoms with Crippen molar-refractivity contribution < 1.29 is 19.4 Å². The van der Waals surface area contributed by atoms with E-state index in [0.29, 0.717) is 0 Å². The number of carbonyl (C=O) groups is 1. The van der Waals surface area contributed by atoms with Gasteiger partial charge in [0.15, 0.2) is 0 Å². The van der Waals surface area contributed by atoms with Crippen LogP contribution in [0.2, 0.25) is 0 Å². The molecule has 1 aliphatic heterocycles. The third kappa shape index (κ3) is 3.53. The second kappa shape index (κ2) is 9.24. The Kier molecular flexibility index (Phi) is 7.25. The number of rotatable bonds is 3. The van der Waals surface area contributed by atoms with Crippen molar-refractivity contribution in [2.24, 2.45) is 11.8 Å². The normalized spacial score (nSPS) is 28.9. The molecular formula is C24H32O4. The summed E-state index contributed by atoms with van der Waals surface area (Å²) in [5.41, 5.74) is 3.08. The van der Waals surface area contributed by atoms with Crippen molar-refractivity contribution in [2.45, 2.75) is 45.6 Å². The maximum atomic E-state index is 11.5. The Bertz CT molecular complexity index is 790. The number of aldehydes is 1. The number of aliphatic hydroxyl groups is 1. The average molecular weight is 385 g/mol. The van der Waals surface area contributed by atoms with E-state index in [1.165, 1.54) is 5.57 Å². The van der Waals surface area contributed by atoms with E-state index in [2.05, 4.69) is 24.7 Å². The molecule has 1 heterocycles. The molecule has 4 nitrogen and oxygen atoms in total. The fraction of sp³-hybridized carbons (Fsp3) is 0.458. The first-order chi connectivity index (χ1) is 13.5. The summed E-state index contributed by atoms with van der Waals surface area (Å²) in [6.45, 7) is 8.27. The Morgan fingerprint density at radius 2 is 1.89 bits per heavy atom. The highest BCUT2D eigenvalue weighted by Gasteiger charge is 2.56. The third-order valence-electron chi connectivity index (χ3n) is 5.66. The fourth-order valence-corrected chi connectivity index (χ4v) is 4.56. The van der Waals surface area contributed by atoms with Crippen LogP contribution in [0.3, 0.4) is 0 Å². The molecule has 0 aromatic heterocycles. The summed E-state index contributed by atoms with van der Waals surface area (Å²) in [5.74, 6) is 1.41. The van der Waals surface area contributed by atoms with Gasteiger partial charge in [0, 0.05) is 37.0 Å². The second-order valence-corrected chi connectivity index (χ2v) is 7.00. The fourth-order valence-electron chi connectivity index (χ4n) is 4.56. The van der Waals surface area contributed by atoms with Crippen molar-refractivity contribution >= 4 is 6.29 Å². The van der Waals surface area contributed by atoms with Crippen molar-refractivity contribution in [2.75, 3.05) is 14.2 Å². The first-order valence-corrected chi connectivity index (χ1v) is 10.00. The van der Waals surface area contributed by atoms with E-state index < -0.39 is 0 Å². The van der Waals surface area contributed by atoms with Gasteiger partial charge in [0.1, 0.15) is 23.9 Å². The van der Waals surface area contributed by atoms with Crippen LogP contribution in [0.1, 0.15) is 39.7 Å². The zero-order chi connectivity index (χ0) is 20.9. The van der Waals surface area contributed by atoms with Crippen LogP contribution in [0.5, 0.6) is 5.75 Å². The molecule has 0 saturated heterocycles. The molecule has 1 aromatic carbocycles. The van der Waals surface area contributed by atoms with Gasteiger partial charge in [-0.3, -0.25) is 4.79 Å². The zero-order valence-corrected chi connectivity index (χ0v) is 17.7. The first kappa shape index (κ1) is 22.0. The predicted octanol–water partition coefficient (Wildman–Crippen LogP) is 5.16. The molecular weight excluding hydrogens is 352 g/mol. The summed E-state index contributed by atoms with van der Waals surface area (Å²) < 4.78 is 10.4. The number of para-hydroxylation sites is 1. The summed E-state index contributed by atoms with van der Waals surface area (Å²) in [6, 6.07) is 8.09. The van der Waals surface area contributed by atoms with Crippen LogP contribution >= 0.6 is 0 Å². The molecule has 2 aliphatic carbocycles. The number of fused-ring (bicyclic) bond motifs is 2. The zero-order valence-electron chi connectivity index (χ0n) is 17.7. The molecule has 28 heavy (non-hydrogen) atoms. The highest BCUT2D eigenvalue weighted by molar-refractivity contribution is 5.86. The Balaban J connectivity index is 0.000000514. The monoisotopic (exact) mass is 384 g/mol. The number of allylic oxidation sites excluding steroid dienone is 3. The van der Waals surface area contributed by atoms with Crippen LogP contribution in [-0.4, -0.2) is 31.7 Å². The van der Waals surface area contributed by atoms with E-state index in [1.54, 1.807) is 26.4 Å². The largest absolute Gasteiger partial charge is 0.508 e. The number of methoxy groups -OCH3 is 1. The van der Waals surface area contributed by atoms with Crippen LogP contribution in [0.25, 0.3) is 0 Å². The van der Waals surface area contributed by atoms with Crippen LogP contribution in [0.15, 0.2) is 59.4 Å². The van der Waals surface area contributed by atoms with Crippen molar-refractivity contribution in [3.63, 3.8) is 0 Å². The molecule has 4 heteroatoms. The minimum absolute atomic E-state index is 0.0909. The standard InChI is InChI=1S/C20H20O3.C2H6O.C2H6/c1-3-20(19-12(2)14(19)11-21)15-6-4-5-7-17(15)23-18-10-13(22)8-9-16(18)20;1-3-2;1-2/h4-12,16,18,22H,3H2,1-2H3;1-2H3;1-2H3. The molecule has 0 saturated carbocycles. The van der Waals surface area contributed by atoms with E-state index in [0.717, 1.165) is 29.6 Å². The molecule has 1 N–H and O–H groups in total. The van der Waals surface area contributed by atoms with Gasteiger partial charge in [-0.15, -0.1) is 0 Å². The molecule has 0 fully saturated rings. The van der Waals surface area contributed by atoms with Crippen LogP contribution in [0, 0.1) is 11.8 Å². The average Bonchev–Trinajstić information content (AvgIpc) is 3.38. The summed E-state index contributed by atoms with van der Waals surface area (Å²) in [5, 5.41) is 9.87. The predicted molar refractivity (Wildman–Crippen MR) is 113 cm³/mol. The van der Waals surface area contributed by atoms with Crippen LogP contribution < -0.4 is 4.74 Å². The third-order valence-corrected chi connectivity index (χ3v) is 5.66.